The number of carbonyl (C=O) groups is 4. The number of rotatable bonds is 25. The van der Waals surface area contributed by atoms with Crippen LogP contribution in [0, 0.1) is 6.92 Å². The van der Waals surface area contributed by atoms with Crippen molar-refractivity contribution in [3.05, 3.63) is 66.0 Å². The molecule has 12 nitrogen and oxygen atoms in total. The van der Waals surface area contributed by atoms with Crippen LogP contribution in [0.5, 0.6) is 5.75 Å². The second-order valence-electron chi connectivity index (χ2n) is 14.2. The molecule has 1 atom stereocenters. The van der Waals surface area contributed by atoms with Crippen LogP contribution in [-0.4, -0.2) is 73.9 Å². The highest BCUT2D eigenvalue weighted by atomic mass is 16.5. The van der Waals surface area contributed by atoms with E-state index >= 15 is 0 Å². The van der Waals surface area contributed by atoms with E-state index in [-0.39, 0.29) is 23.5 Å². The number of urea groups is 1. The molecule has 0 aliphatic carbocycles. The van der Waals surface area contributed by atoms with Gasteiger partial charge in [-0.15, -0.1) is 0 Å². The van der Waals surface area contributed by atoms with Gasteiger partial charge in [0.25, 0.3) is 5.91 Å². The molecule has 1 heterocycles. The van der Waals surface area contributed by atoms with Crippen LogP contribution in [0.3, 0.4) is 0 Å². The number of esters is 1. The second-order valence-corrected chi connectivity index (χ2v) is 14.2. The highest BCUT2D eigenvalue weighted by molar-refractivity contribution is 6.14. The first-order chi connectivity index (χ1) is 26.5. The van der Waals surface area contributed by atoms with Gasteiger partial charge in [-0.25, -0.2) is 14.3 Å². The fourth-order valence-electron chi connectivity index (χ4n) is 6.50. The summed E-state index contributed by atoms with van der Waals surface area (Å²) in [6.07, 6.45) is 16.4. The molecule has 1 aromatic heterocycles. The smallest absolute Gasteiger partial charge is 0.338 e. The van der Waals surface area contributed by atoms with E-state index in [2.05, 4.69) is 27.6 Å². The van der Waals surface area contributed by atoms with Gasteiger partial charge in [0.1, 0.15) is 5.75 Å². The molecule has 0 radical (unpaired) electrons. The van der Waals surface area contributed by atoms with E-state index in [0.717, 1.165) is 49.9 Å². The number of carbonyl (C=O) groups excluding carboxylic acids is 4. The van der Waals surface area contributed by atoms with Crippen molar-refractivity contribution in [2.24, 2.45) is 0 Å². The number of unbranched alkanes of at least 4 members (excludes halogenated alkanes) is 10. The highest BCUT2D eigenvalue weighted by Crippen LogP contribution is 2.32. The lowest BCUT2D eigenvalue weighted by atomic mass is 9.91. The summed E-state index contributed by atoms with van der Waals surface area (Å²) in [5.74, 6) is -1.56. The van der Waals surface area contributed by atoms with Crippen molar-refractivity contribution in [2.75, 3.05) is 55.5 Å². The van der Waals surface area contributed by atoms with Gasteiger partial charge in [-0.2, -0.15) is 5.10 Å². The van der Waals surface area contributed by atoms with Crippen molar-refractivity contribution in [3.63, 3.8) is 0 Å². The van der Waals surface area contributed by atoms with Crippen molar-refractivity contribution in [3.8, 4) is 5.75 Å². The van der Waals surface area contributed by atoms with E-state index < -0.39 is 29.2 Å². The van der Waals surface area contributed by atoms with Gasteiger partial charge in [0, 0.05) is 43.9 Å². The Balaban J connectivity index is 1.87. The third-order valence-electron chi connectivity index (χ3n) is 10.1. The van der Waals surface area contributed by atoms with Crippen LogP contribution in [-0.2, 0) is 19.9 Å². The Morgan fingerprint density at radius 2 is 1.55 bits per heavy atom. The molecule has 0 spiro atoms. The van der Waals surface area contributed by atoms with Gasteiger partial charge in [-0.3, -0.25) is 14.5 Å². The molecule has 1 unspecified atom stereocenters. The minimum atomic E-state index is -2.02. The largest absolute Gasteiger partial charge is 0.495 e. The zero-order valence-electron chi connectivity index (χ0n) is 34.2. The molecule has 3 aromatic rings. The third-order valence-corrected chi connectivity index (χ3v) is 10.1. The minimum Gasteiger partial charge on any atom is -0.495 e. The van der Waals surface area contributed by atoms with E-state index in [9.17, 15) is 19.2 Å². The SMILES string of the molecule is CCCCCCCCCCCCOC(=O)c1ccc(OC)c(NC(=O)C(CN(C(=O)NCCCC)c2ccc(N(C)CC)cc2C)(C(C)=O)n2cccn2)c1. The molecule has 55 heavy (non-hydrogen) atoms. The Morgan fingerprint density at radius 1 is 0.873 bits per heavy atom. The summed E-state index contributed by atoms with van der Waals surface area (Å²) in [6.45, 7) is 10.6. The number of Topliss-reactive ketones (excluding diaryl/α,β-unsaturated/α-hetero) is 1. The Hall–Kier alpha value is -4.87. The van der Waals surface area contributed by atoms with E-state index in [4.69, 9.17) is 9.47 Å². The van der Waals surface area contributed by atoms with E-state index in [1.54, 1.807) is 18.2 Å². The van der Waals surface area contributed by atoms with Gasteiger partial charge in [0.2, 0.25) is 5.54 Å². The quantitative estimate of drug-likeness (QED) is 0.0498. The van der Waals surface area contributed by atoms with Crippen LogP contribution in [0.2, 0.25) is 0 Å². The van der Waals surface area contributed by atoms with Crippen molar-refractivity contribution in [2.45, 2.75) is 117 Å². The fourth-order valence-corrected chi connectivity index (χ4v) is 6.50. The van der Waals surface area contributed by atoms with Gasteiger partial charge in [-0.1, -0.05) is 78.1 Å². The lowest BCUT2D eigenvalue weighted by Gasteiger charge is -2.36. The summed E-state index contributed by atoms with van der Waals surface area (Å²) in [5.41, 5.74) is 0.659. The molecule has 2 N–H and O–H groups in total. The molecule has 2 aromatic carbocycles. The number of amides is 3. The molecular weight excluding hydrogens is 697 g/mol. The summed E-state index contributed by atoms with van der Waals surface area (Å²) >= 11 is 0. The predicted octanol–water partition coefficient (Wildman–Crippen LogP) is 8.67. The molecule has 302 valence electrons. The van der Waals surface area contributed by atoms with E-state index in [1.165, 1.54) is 87.0 Å². The number of hydrogen-bond donors (Lipinski definition) is 2. The number of nitrogens with one attached hydrogen (secondary N) is 2. The number of aromatic nitrogens is 2. The number of ketones is 1. The van der Waals surface area contributed by atoms with Gasteiger partial charge < -0.3 is 25.0 Å². The fraction of sp³-hybridized carbons (Fsp3) is 0.558. The first-order valence-corrected chi connectivity index (χ1v) is 20.1. The molecule has 0 aliphatic heterocycles. The average molecular weight is 761 g/mol. The van der Waals surface area contributed by atoms with Gasteiger partial charge in [-0.05, 0) is 81.6 Å². The van der Waals surface area contributed by atoms with Crippen LogP contribution in [0.15, 0.2) is 54.9 Å². The molecule has 0 fully saturated rings. The Bertz CT molecular complexity index is 1660. The first-order valence-electron chi connectivity index (χ1n) is 20.1. The standard InChI is InChI=1S/C43H64N6O6/c1-8-11-13-14-15-16-17-18-19-20-29-55-40(51)35-22-25-39(54-7)37(31-35)46-41(52)43(34(5)50,49-28-21-27-45-49)32-48(42(53)44-26-12-9-2)38-24-23-36(30-33(38)4)47(6)10-3/h21-25,27-28,30-31H,8-20,26,29,32H2,1-7H3,(H,44,53)(H,46,52). The molecule has 0 bridgehead atoms. The summed E-state index contributed by atoms with van der Waals surface area (Å²) in [7, 11) is 3.43. The average Bonchev–Trinajstić information content (AvgIpc) is 3.72. The zero-order chi connectivity index (χ0) is 40.2. The Labute approximate surface area is 328 Å². The summed E-state index contributed by atoms with van der Waals surface area (Å²) < 4.78 is 12.4. The van der Waals surface area contributed by atoms with Crippen LogP contribution < -0.4 is 25.2 Å². The number of aryl methyl sites for hydroxylation is 1. The number of methoxy groups -OCH3 is 1. The number of anilines is 3. The summed E-state index contributed by atoms with van der Waals surface area (Å²) in [4.78, 5) is 59.3. The third kappa shape index (κ3) is 12.6. The van der Waals surface area contributed by atoms with Crippen molar-refractivity contribution in [1.82, 2.24) is 15.1 Å². The predicted molar refractivity (Wildman–Crippen MR) is 220 cm³/mol. The molecule has 3 rings (SSSR count). The Morgan fingerprint density at radius 3 is 2.13 bits per heavy atom. The molecular formula is C43H64N6O6. The van der Waals surface area contributed by atoms with Crippen molar-refractivity contribution < 1.29 is 28.7 Å². The molecule has 12 heteroatoms. The Kier molecular flexibility index (Phi) is 18.7. The van der Waals surface area contributed by atoms with Crippen LogP contribution in [0.4, 0.5) is 21.9 Å². The van der Waals surface area contributed by atoms with Crippen LogP contribution in [0.1, 0.15) is 121 Å². The maximum Gasteiger partial charge on any atom is 0.338 e. The number of hydrogen-bond acceptors (Lipinski definition) is 8. The van der Waals surface area contributed by atoms with E-state index in [1.807, 2.05) is 46.0 Å². The van der Waals surface area contributed by atoms with Crippen molar-refractivity contribution >= 4 is 40.8 Å². The monoisotopic (exact) mass is 760 g/mol. The molecule has 0 saturated heterocycles. The summed E-state index contributed by atoms with van der Waals surface area (Å²) in [6, 6.07) is 11.5. The highest BCUT2D eigenvalue weighted by Gasteiger charge is 2.49. The molecule has 3 amide bonds. The van der Waals surface area contributed by atoms with Gasteiger partial charge in [0.15, 0.2) is 5.78 Å². The first kappa shape index (κ1) is 44.5. The zero-order valence-corrected chi connectivity index (χ0v) is 34.2. The summed E-state index contributed by atoms with van der Waals surface area (Å²) in [5, 5.41) is 10.2. The molecule has 0 aliphatic rings. The minimum absolute atomic E-state index is 0.167. The van der Waals surface area contributed by atoms with E-state index in [0.29, 0.717) is 18.8 Å². The van der Waals surface area contributed by atoms with Gasteiger partial charge >= 0.3 is 12.0 Å². The van der Waals surface area contributed by atoms with Crippen molar-refractivity contribution in [1.29, 1.82) is 0 Å². The maximum absolute atomic E-state index is 14.7. The second kappa shape index (κ2) is 23.1. The maximum atomic E-state index is 14.7. The van der Waals surface area contributed by atoms with Crippen LogP contribution >= 0.6 is 0 Å². The number of benzene rings is 2. The lowest BCUT2D eigenvalue weighted by Crippen LogP contribution is -2.60. The topological polar surface area (TPSA) is 135 Å². The number of nitrogens with zero attached hydrogens (tertiary/aromatic N) is 4. The van der Waals surface area contributed by atoms with Crippen LogP contribution in [0.25, 0.3) is 0 Å². The number of ether oxygens (including phenoxy) is 2. The molecule has 0 saturated carbocycles. The normalized spacial score (nSPS) is 12.1. The van der Waals surface area contributed by atoms with Gasteiger partial charge in [0.05, 0.1) is 31.5 Å². The lowest BCUT2D eigenvalue weighted by molar-refractivity contribution is -0.136.